The summed E-state index contributed by atoms with van der Waals surface area (Å²) in [5.74, 6) is -1.49. The molecule has 0 amide bonds. The number of hydrogen-bond donors (Lipinski definition) is 2. The van der Waals surface area contributed by atoms with Crippen molar-refractivity contribution in [3.05, 3.63) is 83.0 Å². The zero-order valence-corrected chi connectivity index (χ0v) is 19.9. The summed E-state index contributed by atoms with van der Waals surface area (Å²) in [6, 6.07) is 15.4. The highest BCUT2D eigenvalue weighted by Crippen LogP contribution is 2.34. The van der Waals surface area contributed by atoms with Gasteiger partial charge in [-0.1, -0.05) is 36.4 Å². The summed E-state index contributed by atoms with van der Waals surface area (Å²) in [6.45, 7) is 0.958. The minimum atomic E-state index is -0.773. The molecule has 38 heavy (non-hydrogen) atoms. The van der Waals surface area contributed by atoms with Crippen LogP contribution in [0.15, 0.2) is 65.7 Å². The second kappa shape index (κ2) is 8.89. The molecule has 2 N–H and O–H groups in total. The predicted octanol–water partition coefficient (Wildman–Crippen LogP) is 3.98. The molecule has 0 spiro atoms. The molecule has 2 aromatic heterocycles. The van der Waals surface area contributed by atoms with Gasteiger partial charge in [-0.05, 0) is 35.2 Å². The van der Waals surface area contributed by atoms with Crippen molar-refractivity contribution in [1.29, 1.82) is 0 Å². The number of ether oxygens (including phenoxy) is 3. The molecular weight excluding hydrogens is 496 g/mol. The molecule has 9 nitrogen and oxygen atoms in total. The number of aromatic nitrogens is 5. The summed E-state index contributed by atoms with van der Waals surface area (Å²) in [6.07, 6.45) is 1.57. The second-order valence-electron chi connectivity index (χ2n) is 9.27. The van der Waals surface area contributed by atoms with Crippen LogP contribution in [0.5, 0.6) is 6.01 Å². The van der Waals surface area contributed by atoms with E-state index < -0.39 is 11.6 Å². The van der Waals surface area contributed by atoms with Gasteiger partial charge in [-0.15, -0.1) is 0 Å². The lowest BCUT2D eigenvalue weighted by atomic mass is 9.99. The largest absolute Gasteiger partial charge is 0.456 e. The highest BCUT2D eigenvalue weighted by molar-refractivity contribution is 5.84. The molecule has 2 saturated heterocycles. The minimum Gasteiger partial charge on any atom is -0.456 e. The van der Waals surface area contributed by atoms with Crippen LogP contribution in [0.1, 0.15) is 6.42 Å². The van der Waals surface area contributed by atoms with Crippen molar-refractivity contribution in [2.24, 2.45) is 0 Å². The Balaban J connectivity index is 1.15. The van der Waals surface area contributed by atoms with Crippen LogP contribution in [0, 0.1) is 11.6 Å². The monoisotopic (exact) mass is 517 g/mol. The Bertz CT molecular complexity index is 1690. The van der Waals surface area contributed by atoms with E-state index in [0.717, 1.165) is 17.5 Å². The van der Waals surface area contributed by atoms with Gasteiger partial charge in [-0.2, -0.15) is 14.8 Å². The number of nitrogens with one attached hydrogen (secondary N) is 2. The molecule has 0 saturated carbocycles. The third kappa shape index (κ3) is 3.78. The van der Waals surface area contributed by atoms with Gasteiger partial charge in [-0.25, -0.2) is 13.6 Å². The van der Waals surface area contributed by atoms with Crippen molar-refractivity contribution in [1.82, 2.24) is 24.7 Å². The maximum atomic E-state index is 15.5. The Kier molecular flexibility index (Phi) is 5.34. The van der Waals surface area contributed by atoms with Crippen molar-refractivity contribution in [2.75, 3.05) is 13.2 Å². The smallest absolute Gasteiger partial charge is 0.347 e. The van der Waals surface area contributed by atoms with Crippen molar-refractivity contribution >= 4 is 11.0 Å². The molecule has 0 aliphatic carbocycles. The van der Waals surface area contributed by atoms with Gasteiger partial charge in [0.2, 0.25) is 0 Å². The van der Waals surface area contributed by atoms with Gasteiger partial charge in [0.25, 0.3) is 6.01 Å². The average molecular weight is 517 g/mol. The van der Waals surface area contributed by atoms with E-state index in [9.17, 15) is 4.79 Å². The zero-order valence-electron chi connectivity index (χ0n) is 19.9. The molecule has 5 aromatic rings. The minimum absolute atomic E-state index is 0.00696. The molecule has 2 aliphatic rings. The van der Waals surface area contributed by atoms with E-state index in [-0.39, 0.29) is 46.6 Å². The number of rotatable bonds is 5. The fraction of sp³-hybridized carbons (Fsp3) is 0.222. The lowest BCUT2D eigenvalue weighted by Gasteiger charge is -2.15. The highest BCUT2D eigenvalue weighted by atomic mass is 19.1. The number of benzene rings is 3. The summed E-state index contributed by atoms with van der Waals surface area (Å²) in [5.41, 5.74) is 2.41. The van der Waals surface area contributed by atoms with E-state index >= 15 is 8.78 Å². The molecule has 3 aromatic carbocycles. The molecule has 2 fully saturated rings. The number of nitrogens with zero attached hydrogens (tertiary/aromatic N) is 3. The van der Waals surface area contributed by atoms with Crippen molar-refractivity contribution < 1.29 is 23.0 Å². The van der Waals surface area contributed by atoms with Gasteiger partial charge in [0.1, 0.15) is 23.8 Å². The number of fused-ring (bicyclic) bond motifs is 2. The van der Waals surface area contributed by atoms with Crippen LogP contribution in [-0.4, -0.2) is 56.3 Å². The van der Waals surface area contributed by atoms with Gasteiger partial charge in [0.15, 0.2) is 11.9 Å². The maximum absolute atomic E-state index is 15.5. The molecule has 11 heteroatoms. The third-order valence-electron chi connectivity index (χ3n) is 7.00. The predicted molar refractivity (Wildman–Crippen MR) is 133 cm³/mol. The molecule has 3 atom stereocenters. The van der Waals surface area contributed by atoms with Gasteiger partial charge >= 0.3 is 5.69 Å². The quantitative estimate of drug-likeness (QED) is 0.365. The fourth-order valence-electron chi connectivity index (χ4n) is 5.12. The Hall–Kier alpha value is -4.35. The zero-order chi connectivity index (χ0) is 25.8. The Morgan fingerprint density at radius 2 is 1.74 bits per heavy atom. The number of imidazole rings is 1. The number of H-pyrrole nitrogens is 2. The van der Waals surface area contributed by atoms with Gasteiger partial charge in [-0.3, -0.25) is 4.98 Å². The topological polar surface area (TPSA) is 107 Å². The van der Waals surface area contributed by atoms with E-state index in [4.69, 9.17) is 14.2 Å². The van der Waals surface area contributed by atoms with Crippen molar-refractivity contribution in [3.63, 3.8) is 0 Å². The lowest BCUT2D eigenvalue weighted by Crippen LogP contribution is -2.32. The standard InChI is InChI=1S/C27H21F2N5O4/c28-18-11-19-24(33-26(32-19)38-21-12-37-20-9-10-36-25(20)21)23(29)22(18)16-3-1-14(2-4-16)15-5-7-17(8-6-15)34-27(35)30-13-31-34/h1-8,11,13,20-21,25H,9-10,12H2,(H,32,33)(H,30,31,35)/t20-,21?,25+/m1/s1. The first-order valence-electron chi connectivity index (χ1n) is 12.2. The SMILES string of the molecule is O=c1[nH]cnn1-c1ccc(-c2ccc(-c3c(F)cc4[nH]c(OC5CO[C@@H]6CCO[C@H]56)nc4c3F)cc2)cc1. The lowest BCUT2D eigenvalue weighted by molar-refractivity contribution is 0.0273. The first-order chi connectivity index (χ1) is 18.5. The van der Waals surface area contributed by atoms with Crippen LogP contribution in [0.3, 0.4) is 0 Å². The molecule has 7 rings (SSSR count). The summed E-state index contributed by atoms with van der Waals surface area (Å²) >= 11 is 0. The number of hydrogen-bond acceptors (Lipinski definition) is 6. The fourth-order valence-corrected chi connectivity index (χ4v) is 5.12. The molecule has 4 heterocycles. The molecule has 2 aliphatic heterocycles. The average Bonchev–Trinajstić information content (AvgIpc) is 3.71. The maximum Gasteiger partial charge on any atom is 0.347 e. The summed E-state index contributed by atoms with van der Waals surface area (Å²) in [5, 5.41) is 3.96. The Labute approximate surface area is 214 Å². The third-order valence-corrected chi connectivity index (χ3v) is 7.00. The van der Waals surface area contributed by atoms with Crippen LogP contribution in [0.2, 0.25) is 0 Å². The molecule has 0 radical (unpaired) electrons. The summed E-state index contributed by atoms with van der Waals surface area (Å²) < 4.78 is 49.1. The van der Waals surface area contributed by atoms with Crippen LogP contribution in [0.4, 0.5) is 8.78 Å². The van der Waals surface area contributed by atoms with Gasteiger partial charge in [0.05, 0.1) is 29.5 Å². The van der Waals surface area contributed by atoms with Crippen molar-refractivity contribution in [3.8, 4) is 34.0 Å². The molecule has 1 unspecified atom stereocenters. The molecular formula is C27H21F2N5O4. The van der Waals surface area contributed by atoms with Crippen LogP contribution < -0.4 is 10.4 Å². The summed E-state index contributed by atoms with van der Waals surface area (Å²) in [4.78, 5) is 21.4. The first kappa shape index (κ1) is 22.8. The summed E-state index contributed by atoms with van der Waals surface area (Å²) in [7, 11) is 0. The van der Waals surface area contributed by atoms with E-state index in [1.54, 1.807) is 36.4 Å². The van der Waals surface area contributed by atoms with Gasteiger partial charge in [0, 0.05) is 12.7 Å². The highest BCUT2D eigenvalue weighted by Gasteiger charge is 2.43. The van der Waals surface area contributed by atoms with Gasteiger partial charge < -0.3 is 19.2 Å². The van der Waals surface area contributed by atoms with E-state index in [1.165, 1.54) is 17.1 Å². The first-order valence-corrected chi connectivity index (χ1v) is 12.2. The molecule has 192 valence electrons. The Morgan fingerprint density at radius 1 is 1.00 bits per heavy atom. The van der Waals surface area contributed by atoms with Crippen molar-refractivity contribution in [2.45, 2.75) is 24.7 Å². The molecule has 0 bridgehead atoms. The number of halogens is 2. The van der Waals surface area contributed by atoms with E-state index in [1.807, 2.05) is 12.1 Å². The van der Waals surface area contributed by atoms with Crippen LogP contribution in [0.25, 0.3) is 39.0 Å². The second-order valence-corrected chi connectivity index (χ2v) is 9.27. The Morgan fingerprint density at radius 3 is 2.47 bits per heavy atom. The van der Waals surface area contributed by atoms with Crippen LogP contribution in [-0.2, 0) is 9.47 Å². The van der Waals surface area contributed by atoms with E-state index in [0.29, 0.717) is 24.5 Å². The normalized spacial score (nSPS) is 20.7. The van der Waals surface area contributed by atoms with Crippen LogP contribution >= 0.6 is 0 Å². The van der Waals surface area contributed by atoms with E-state index in [2.05, 4.69) is 20.1 Å². The number of aromatic amines is 2.